The minimum Gasteiger partial charge on any atom is -0.387 e. The molecule has 0 bridgehead atoms. The number of nitrogens with zero attached hydrogens (tertiary/aromatic N) is 2. The number of carbonyl (C=O) groups is 1. The van der Waals surface area contributed by atoms with Gasteiger partial charge in [0.05, 0.1) is 23.1 Å². The SMILES string of the molecule is CCCC1(CC(Cl)C=NC(C)C(C(=N)N)C(=O)NC2(C3CCCC3)CNCCC2N2CCNC2C(CC)CC)CC1(CC)C1CCCC1. The van der Waals surface area contributed by atoms with Crippen LogP contribution in [0.2, 0.25) is 0 Å². The number of piperidine rings is 1. The fourth-order valence-electron chi connectivity index (χ4n) is 11.8. The largest absolute Gasteiger partial charge is 0.387 e. The molecule has 48 heavy (non-hydrogen) atoms. The lowest BCUT2D eigenvalue weighted by atomic mass is 9.71. The van der Waals surface area contributed by atoms with Crippen molar-refractivity contribution in [3.63, 3.8) is 0 Å². The van der Waals surface area contributed by atoms with Crippen LogP contribution in [-0.2, 0) is 4.79 Å². The smallest absolute Gasteiger partial charge is 0.233 e. The molecule has 2 saturated heterocycles. The minimum absolute atomic E-state index is 0.112. The summed E-state index contributed by atoms with van der Waals surface area (Å²) in [5.41, 5.74) is 6.59. The van der Waals surface area contributed by atoms with Crippen molar-refractivity contribution in [3.8, 4) is 0 Å². The molecule has 3 saturated carbocycles. The Kier molecular flexibility index (Phi) is 13.0. The first-order chi connectivity index (χ1) is 23.1. The Morgan fingerprint density at radius 3 is 2.33 bits per heavy atom. The predicted molar refractivity (Wildman–Crippen MR) is 201 cm³/mol. The highest BCUT2D eigenvalue weighted by Gasteiger charge is 2.68. The lowest BCUT2D eigenvalue weighted by molar-refractivity contribution is -0.128. The fourth-order valence-corrected chi connectivity index (χ4v) is 12.2. The summed E-state index contributed by atoms with van der Waals surface area (Å²) in [6.45, 7) is 14.9. The number of carbonyl (C=O) groups excluding carboxylic acids is 1. The monoisotopic (exact) mass is 688 g/mol. The molecule has 9 heteroatoms. The van der Waals surface area contributed by atoms with E-state index in [9.17, 15) is 4.79 Å². The summed E-state index contributed by atoms with van der Waals surface area (Å²) in [6.07, 6.45) is 21.5. The van der Waals surface area contributed by atoms with E-state index in [-0.39, 0.29) is 23.2 Å². The molecule has 5 aliphatic rings. The Hall–Kier alpha value is -1.22. The van der Waals surface area contributed by atoms with Crippen LogP contribution in [0.5, 0.6) is 0 Å². The Morgan fingerprint density at radius 1 is 1.06 bits per heavy atom. The molecular weight excluding hydrogens is 618 g/mol. The number of halogens is 1. The Morgan fingerprint density at radius 2 is 1.73 bits per heavy atom. The molecule has 0 aromatic rings. The van der Waals surface area contributed by atoms with Crippen molar-refractivity contribution in [1.29, 1.82) is 5.41 Å². The van der Waals surface area contributed by atoms with Crippen LogP contribution < -0.4 is 21.7 Å². The molecule has 0 aromatic carbocycles. The molecule has 8 nitrogen and oxygen atoms in total. The Bertz CT molecular complexity index is 1100. The number of aliphatic imine (C=N–C) groups is 1. The molecule has 8 unspecified atom stereocenters. The number of hydrogen-bond donors (Lipinski definition) is 5. The van der Waals surface area contributed by atoms with Crippen LogP contribution in [0.25, 0.3) is 0 Å². The minimum atomic E-state index is -0.823. The summed E-state index contributed by atoms with van der Waals surface area (Å²) >= 11 is 7.10. The Balaban J connectivity index is 1.33. The zero-order valence-electron chi connectivity index (χ0n) is 31.1. The summed E-state index contributed by atoms with van der Waals surface area (Å²) in [5.74, 6) is 0.727. The average molecular weight is 688 g/mol. The second-order valence-electron chi connectivity index (χ2n) is 16.6. The second-order valence-corrected chi connectivity index (χ2v) is 17.2. The van der Waals surface area contributed by atoms with Gasteiger partial charge in [-0.25, -0.2) is 0 Å². The van der Waals surface area contributed by atoms with E-state index in [4.69, 9.17) is 27.7 Å². The summed E-state index contributed by atoms with van der Waals surface area (Å²) in [5, 5.41) is 19.6. The zero-order valence-corrected chi connectivity index (χ0v) is 31.9. The maximum Gasteiger partial charge on any atom is 0.233 e. The molecule has 1 amide bonds. The van der Waals surface area contributed by atoms with Crippen molar-refractivity contribution in [2.24, 2.45) is 45.2 Å². The molecule has 0 radical (unpaired) electrons. The molecule has 2 heterocycles. The molecule has 8 atom stereocenters. The first-order valence-corrected chi connectivity index (χ1v) is 20.6. The first kappa shape index (κ1) is 38.0. The third kappa shape index (κ3) is 7.39. The van der Waals surface area contributed by atoms with Gasteiger partial charge in [0.25, 0.3) is 0 Å². The fraction of sp³-hybridized carbons (Fsp3) is 0.923. The third-order valence-electron chi connectivity index (χ3n) is 14.3. The maximum atomic E-state index is 14.5. The van der Waals surface area contributed by atoms with Gasteiger partial charge < -0.3 is 21.7 Å². The highest BCUT2D eigenvalue weighted by Crippen LogP contribution is 2.76. The normalized spacial score (nSPS) is 35.4. The van der Waals surface area contributed by atoms with Gasteiger partial charge in [0.15, 0.2) is 0 Å². The van der Waals surface area contributed by atoms with Gasteiger partial charge in [0.2, 0.25) is 5.91 Å². The zero-order chi connectivity index (χ0) is 34.5. The molecule has 0 spiro atoms. The van der Waals surface area contributed by atoms with E-state index in [1.165, 1.54) is 64.2 Å². The van der Waals surface area contributed by atoms with Crippen LogP contribution in [0.3, 0.4) is 0 Å². The number of rotatable bonds is 17. The number of hydrogen-bond acceptors (Lipinski definition) is 6. The summed E-state index contributed by atoms with van der Waals surface area (Å²) < 4.78 is 0. The number of nitrogens with one attached hydrogen (secondary N) is 4. The summed E-state index contributed by atoms with van der Waals surface area (Å²) in [7, 11) is 0. The molecule has 0 aromatic heterocycles. The van der Waals surface area contributed by atoms with Crippen LogP contribution in [0, 0.1) is 39.9 Å². The van der Waals surface area contributed by atoms with Gasteiger partial charge in [0.1, 0.15) is 11.8 Å². The summed E-state index contributed by atoms with van der Waals surface area (Å²) in [6, 6.07) is -0.228. The van der Waals surface area contributed by atoms with E-state index < -0.39 is 17.5 Å². The second kappa shape index (κ2) is 16.4. The predicted octanol–water partition coefficient (Wildman–Crippen LogP) is 6.85. The lowest BCUT2D eigenvalue weighted by Gasteiger charge is -2.54. The molecule has 5 fully saturated rings. The lowest BCUT2D eigenvalue weighted by Crippen LogP contribution is -2.74. The highest BCUT2D eigenvalue weighted by molar-refractivity contribution is 6.28. The van der Waals surface area contributed by atoms with Gasteiger partial charge in [0, 0.05) is 31.9 Å². The summed E-state index contributed by atoms with van der Waals surface area (Å²) in [4.78, 5) is 22.1. The van der Waals surface area contributed by atoms with Crippen LogP contribution in [0.4, 0.5) is 0 Å². The van der Waals surface area contributed by atoms with E-state index in [1.54, 1.807) is 0 Å². The van der Waals surface area contributed by atoms with Crippen molar-refractivity contribution in [1.82, 2.24) is 20.9 Å². The van der Waals surface area contributed by atoms with E-state index in [1.807, 2.05) is 13.1 Å². The van der Waals surface area contributed by atoms with E-state index >= 15 is 0 Å². The molecule has 5 rings (SSSR count). The van der Waals surface area contributed by atoms with Crippen LogP contribution in [0.15, 0.2) is 4.99 Å². The number of amidine groups is 1. The number of alkyl halides is 1. The quantitative estimate of drug-likeness (QED) is 0.0652. The van der Waals surface area contributed by atoms with Gasteiger partial charge in [-0.2, -0.15) is 0 Å². The number of amides is 1. The van der Waals surface area contributed by atoms with E-state index in [0.717, 1.165) is 70.6 Å². The molecule has 2 aliphatic heterocycles. The third-order valence-corrected chi connectivity index (χ3v) is 14.5. The maximum absolute atomic E-state index is 14.5. The van der Waals surface area contributed by atoms with Gasteiger partial charge in [-0.15, -0.1) is 11.6 Å². The Labute approximate surface area is 297 Å². The number of nitrogens with two attached hydrogens (primary N) is 1. The van der Waals surface area contributed by atoms with Crippen molar-refractivity contribution in [3.05, 3.63) is 0 Å². The standard InChI is InChI=1S/C39H70ClN7O/c1-6-19-37(25-38(37,9-4)29-14-10-11-15-29)23-31(40)24-45-27(5)33(34(41)42)36(48)46-39(30-16-12-13-17-30)26-43-20-18-32(39)47-22-21-44-35(47)28(7-2)8-3/h24,27-33,35,43-44H,6-23,25-26H2,1-5H3,(H3,41,42)(H,46,48). The first-order valence-electron chi connectivity index (χ1n) is 20.1. The van der Waals surface area contributed by atoms with Crippen LogP contribution >= 0.6 is 11.6 Å². The molecule has 274 valence electrons. The molecular formula is C39H70ClN7O. The molecule has 3 aliphatic carbocycles. The van der Waals surface area contributed by atoms with E-state index in [2.05, 4.69) is 48.5 Å². The van der Waals surface area contributed by atoms with Gasteiger partial charge in [-0.3, -0.25) is 20.1 Å². The van der Waals surface area contributed by atoms with Crippen LogP contribution in [-0.4, -0.2) is 78.2 Å². The van der Waals surface area contributed by atoms with Crippen LogP contribution in [0.1, 0.15) is 137 Å². The van der Waals surface area contributed by atoms with Gasteiger partial charge >= 0.3 is 0 Å². The average Bonchev–Trinajstić information content (AvgIpc) is 3.69. The molecule has 6 N–H and O–H groups in total. The topological polar surface area (TPSA) is 119 Å². The van der Waals surface area contributed by atoms with Crippen molar-refractivity contribution < 1.29 is 4.79 Å². The highest BCUT2D eigenvalue weighted by atomic mass is 35.5. The van der Waals surface area contributed by atoms with Crippen molar-refractivity contribution >= 4 is 29.6 Å². The van der Waals surface area contributed by atoms with Gasteiger partial charge in [-0.05, 0) is 99.8 Å². The van der Waals surface area contributed by atoms with Crippen molar-refractivity contribution in [2.75, 3.05) is 26.2 Å². The van der Waals surface area contributed by atoms with Crippen molar-refractivity contribution in [2.45, 2.75) is 167 Å². The van der Waals surface area contributed by atoms with E-state index in [0.29, 0.717) is 28.8 Å². The van der Waals surface area contributed by atoms with Gasteiger partial charge in [-0.1, -0.05) is 72.6 Å².